The predicted octanol–water partition coefficient (Wildman–Crippen LogP) is 5.07. The van der Waals surface area contributed by atoms with Crippen molar-refractivity contribution >= 4 is 52.3 Å². The molecule has 0 aliphatic rings. The molecule has 2 rings (SSSR count). The molecular formula is C13H7Cl4NO. The van der Waals surface area contributed by atoms with Crippen LogP contribution in [0, 0.1) is 0 Å². The lowest BCUT2D eigenvalue weighted by molar-refractivity contribution is 0.100. The van der Waals surface area contributed by atoms with Gasteiger partial charge in [-0.25, -0.2) is 0 Å². The predicted molar refractivity (Wildman–Crippen MR) is 80.4 cm³/mol. The highest BCUT2D eigenvalue weighted by Crippen LogP contribution is 2.42. The van der Waals surface area contributed by atoms with Crippen LogP contribution in [0.4, 0.5) is 0 Å². The topological polar surface area (TPSA) is 43.1 Å². The molecule has 0 unspecified atom stereocenters. The number of primary amides is 1. The monoisotopic (exact) mass is 333 g/mol. The lowest BCUT2D eigenvalue weighted by Gasteiger charge is -2.12. The molecule has 0 aliphatic carbocycles. The zero-order chi connectivity index (χ0) is 14.2. The van der Waals surface area contributed by atoms with E-state index in [-0.39, 0.29) is 15.6 Å². The van der Waals surface area contributed by atoms with Gasteiger partial charge in [-0.1, -0.05) is 58.5 Å². The second-order valence-electron chi connectivity index (χ2n) is 3.75. The second-order valence-corrected chi connectivity index (χ2v) is 5.32. The Labute approximate surface area is 130 Å². The molecule has 0 bridgehead atoms. The van der Waals surface area contributed by atoms with E-state index in [9.17, 15) is 4.79 Å². The fraction of sp³-hybridized carbons (Fsp3) is 0. The van der Waals surface area contributed by atoms with Gasteiger partial charge in [-0.15, -0.1) is 0 Å². The van der Waals surface area contributed by atoms with Gasteiger partial charge in [0.1, 0.15) is 0 Å². The van der Waals surface area contributed by atoms with E-state index in [1.807, 2.05) is 0 Å². The summed E-state index contributed by atoms with van der Waals surface area (Å²) in [4.78, 5) is 11.3. The van der Waals surface area contributed by atoms with Gasteiger partial charge in [-0.3, -0.25) is 4.79 Å². The number of carbonyl (C=O) groups excluding carboxylic acids is 1. The Balaban J connectivity index is 2.77. The first kappa shape index (κ1) is 14.5. The molecule has 0 fully saturated rings. The maximum atomic E-state index is 11.3. The van der Waals surface area contributed by atoms with Crippen LogP contribution in [0.25, 0.3) is 11.1 Å². The van der Waals surface area contributed by atoms with Crippen LogP contribution >= 0.6 is 46.4 Å². The van der Waals surface area contributed by atoms with Crippen molar-refractivity contribution in [3.63, 3.8) is 0 Å². The van der Waals surface area contributed by atoms with Crippen LogP contribution in [-0.2, 0) is 0 Å². The molecule has 1 amide bonds. The molecule has 0 atom stereocenters. The molecule has 0 saturated heterocycles. The van der Waals surface area contributed by atoms with E-state index in [1.54, 1.807) is 24.3 Å². The third-order valence-corrected chi connectivity index (χ3v) is 4.10. The lowest BCUT2D eigenvalue weighted by atomic mass is 10.0. The quantitative estimate of drug-likeness (QED) is 0.766. The summed E-state index contributed by atoms with van der Waals surface area (Å²) in [6.07, 6.45) is 0. The molecule has 0 radical (unpaired) electrons. The summed E-state index contributed by atoms with van der Waals surface area (Å²) in [6.45, 7) is 0. The Bertz CT molecular complexity index is 670. The number of hydrogen-bond acceptors (Lipinski definition) is 1. The van der Waals surface area contributed by atoms with E-state index >= 15 is 0 Å². The van der Waals surface area contributed by atoms with Gasteiger partial charge in [0.05, 0.1) is 25.7 Å². The number of hydrogen-bond donors (Lipinski definition) is 1. The van der Waals surface area contributed by atoms with E-state index in [4.69, 9.17) is 52.1 Å². The molecule has 2 aromatic carbocycles. The lowest BCUT2D eigenvalue weighted by Crippen LogP contribution is -2.11. The van der Waals surface area contributed by atoms with Crippen LogP contribution in [0.3, 0.4) is 0 Å². The van der Waals surface area contributed by atoms with Crippen LogP contribution in [-0.4, -0.2) is 5.91 Å². The average Bonchev–Trinajstić information content (AvgIpc) is 2.36. The molecule has 98 valence electrons. The Kier molecular flexibility index (Phi) is 4.26. The second kappa shape index (κ2) is 5.59. The number of halogens is 4. The molecule has 0 saturated carbocycles. The maximum Gasteiger partial charge on any atom is 0.250 e. The number of benzene rings is 2. The number of amides is 1. The van der Waals surface area contributed by atoms with Crippen molar-refractivity contribution in [1.82, 2.24) is 0 Å². The van der Waals surface area contributed by atoms with Crippen molar-refractivity contribution in [3.8, 4) is 11.1 Å². The van der Waals surface area contributed by atoms with E-state index < -0.39 is 5.91 Å². The smallest absolute Gasteiger partial charge is 0.250 e. The van der Waals surface area contributed by atoms with Gasteiger partial charge in [0, 0.05) is 11.1 Å². The minimum Gasteiger partial charge on any atom is -0.366 e. The minimum absolute atomic E-state index is 0.195. The standard InChI is InChI=1S/C13H7Cl4NO/c14-8-4-5-9(15)12(17)10(8)6-2-1-3-7(11(6)16)13(18)19/h1-5H,(H2,18,19). The van der Waals surface area contributed by atoms with Gasteiger partial charge in [-0.2, -0.15) is 0 Å². The highest BCUT2D eigenvalue weighted by atomic mass is 35.5. The summed E-state index contributed by atoms with van der Waals surface area (Å²) in [5.74, 6) is -0.624. The Morgan fingerprint density at radius 3 is 2.16 bits per heavy atom. The summed E-state index contributed by atoms with van der Waals surface area (Å²) in [7, 11) is 0. The molecule has 0 aromatic heterocycles. The summed E-state index contributed by atoms with van der Waals surface area (Å²) in [5.41, 5.74) is 6.44. The highest BCUT2D eigenvalue weighted by Gasteiger charge is 2.17. The fourth-order valence-electron chi connectivity index (χ4n) is 1.69. The normalized spacial score (nSPS) is 10.5. The van der Waals surface area contributed by atoms with Crippen LogP contribution in [0.2, 0.25) is 20.1 Å². The number of rotatable bonds is 2. The molecule has 0 spiro atoms. The van der Waals surface area contributed by atoms with Gasteiger partial charge >= 0.3 is 0 Å². The third kappa shape index (κ3) is 2.67. The molecular weight excluding hydrogens is 328 g/mol. The number of nitrogens with two attached hydrogens (primary N) is 1. The SMILES string of the molecule is NC(=O)c1cccc(-c2c(Cl)ccc(Cl)c2Cl)c1Cl. The van der Waals surface area contributed by atoms with Crippen molar-refractivity contribution in [3.05, 3.63) is 56.0 Å². The van der Waals surface area contributed by atoms with Crippen molar-refractivity contribution in [1.29, 1.82) is 0 Å². The minimum atomic E-state index is -0.624. The van der Waals surface area contributed by atoms with Crippen molar-refractivity contribution < 1.29 is 4.79 Å². The Morgan fingerprint density at radius 2 is 1.53 bits per heavy atom. The van der Waals surface area contributed by atoms with Crippen molar-refractivity contribution in [2.45, 2.75) is 0 Å². The summed E-state index contributed by atoms with van der Waals surface area (Å²) >= 11 is 24.4. The van der Waals surface area contributed by atoms with Gasteiger partial charge in [-0.05, 0) is 18.2 Å². The summed E-state index contributed by atoms with van der Waals surface area (Å²) in [6, 6.07) is 8.06. The maximum absolute atomic E-state index is 11.3. The Morgan fingerprint density at radius 1 is 0.895 bits per heavy atom. The van der Waals surface area contributed by atoms with Crippen LogP contribution < -0.4 is 5.73 Å². The molecule has 0 aliphatic heterocycles. The zero-order valence-corrected chi connectivity index (χ0v) is 12.4. The zero-order valence-electron chi connectivity index (χ0n) is 9.38. The molecule has 2 N–H and O–H groups in total. The highest BCUT2D eigenvalue weighted by molar-refractivity contribution is 6.47. The van der Waals surface area contributed by atoms with Gasteiger partial charge in [0.2, 0.25) is 5.91 Å². The molecule has 2 nitrogen and oxygen atoms in total. The molecule has 6 heteroatoms. The van der Waals surface area contributed by atoms with E-state index in [0.29, 0.717) is 21.2 Å². The van der Waals surface area contributed by atoms with Gasteiger partial charge in [0.15, 0.2) is 0 Å². The number of carbonyl (C=O) groups is 1. The van der Waals surface area contributed by atoms with Gasteiger partial charge < -0.3 is 5.73 Å². The fourth-order valence-corrected chi connectivity index (χ4v) is 2.73. The first-order chi connectivity index (χ1) is 8.93. The first-order valence-corrected chi connectivity index (χ1v) is 6.67. The summed E-state index contributed by atoms with van der Waals surface area (Å²) in [5, 5.41) is 1.21. The molecule has 2 aromatic rings. The van der Waals surface area contributed by atoms with Crippen LogP contribution in [0.5, 0.6) is 0 Å². The average molecular weight is 335 g/mol. The first-order valence-electron chi connectivity index (χ1n) is 5.15. The van der Waals surface area contributed by atoms with E-state index in [1.165, 1.54) is 6.07 Å². The van der Waals surface area contributed by atoms with Crippen LogP contribution in [0.1, 0.15) is 10.4 Å². The van der Waals surface area contributed by atoms with E-state index in [0.717, 1.165) is 0 Å². The van der Waals surface area contributed by atoms with Crippen molar-refractivity contribution in [2.75, 3.05) is 0 Å². The van der Waals surface area contributed by atoms with Crippen molar-refractivity contribution in [2.24, 2.45) is 5.73 Å². The third-order valence-electron chi connectivity index (χ3n) is 2.58. The largest absolute Gasteiger partial charge is 0.366 e. The van der Waals surface area contributed by atoms with E-state index in [2.05, 4.69) is 0 Å². The Hall–Kier alpha value is -0.930. The molecule has 0 heterocycles. The summed E-state index contributed by atoms with van der Waals surface area (Å²) < 4.78 is 0. The molecule has 19 heavy (non-hydrogen) atoms. The van der Waals surface area contributed by atoms with Crippen LogP contribution in [0.15, 0.2) is 30.3 Å². The van der Waals surface area contributed by atoms with Gasteiger partial charge in [0.25, 0.3) is 0 Å².